The van der Waals surface area contributed by atoms with Crippen molar-refractivity contribution >= 4 is 38.3 Å². The molecular formula is C26H22N2O6S. The molecule has 35 heavy (non-hydrogen) atoms. The molecule has 0 spiro atoms. The van der Waals surface area contributed by atoms with E-state index in [1.807, 2.05) is 6.92 Å². The van der Waals surface area contributed by atoms with E-state index in [9.17, 15) is 23.3 Å². The molecule has 0 N–H and O–H groups in total. The Morgan fingerprint density at radius 1 is 1.00 bits per heavy atom. The summed E-state index contributed by atoms with van der Waals surface area (Å²) in [6, 6.07) is 16.1. The molecule has 1 amide bonds. The summed E-state index contributed by atoms with van der Waals surface area (Å²) >= 11 is 0. The Morgan fingerprint density at radius 3 is 2.49 bits per heavy atom. The summed E-state index contributed by atoms with van der Waals surface area (Å²) in [6.07, 6.45) is 3.66. The van der Waals surface area contributed by atoms with Crippen LogP contribution in [0.5, 0.6) is 0 Å². The number of nitro benzene ring substituents is 1. The van der Waals surface area contributed by atoms with Gasteiger partial charge in [0.1, 0.15) is 11.3 Å². The first-order valence-electron chi connectivity index (χ1n) is 11.2. The number of benzene rings is 3. The van der Waals surface area contributed by atoms with Gasteiger partial charge in [-0.25, -0.2) is 8.42 Å². The van der Waals surface area contributed by atoms with Crippen LogP contribution in [0.3, 0.4) is 0 Å². The number of aryl methyl sites for hydroxylation is 3. The lowest BCUT2D eigenvalue weighted by Crippen LogP contribution is -2.37. The number of fused-ring (bicyclic) bond motifs is 3. The lowest BCUT2D eigenvalue weighted by molar-refractivity contribution is -0.384. The second-order valence-corrected chi connectivity index (χ2v) is 10.4. The lowest BCUT2D eigenvalue weighted by atomic mass is 9.96. The number of carbonyl (C=O) groups is 1. The number of nitro groups is 1. The Hall–Kier alpha value is -3.98. The molecule has 1 aliphatic carbocycles. The van der Waals surface area contributed by atoms with Gasteiger partial charge in [-0.3, -0.25) is 14.9 Å². The fraction of sp³-hybridized carbons (Fsp3) is 0.192. The first-order valence-corrected chi connectivity index (χ1v) is 12.6. The fourth-order valence-corrected chi connectivity index (χ4v) is 5.83. The molecule has 0 saturated carbocycles. The normalized spacial score (nSPS) is 13.4. The van der Waals surface area contributed by atoms with Crippen molar-refractivity contribution in [2.24, 2.45) is 0 Å². The highest BCUT2D eigenvalue weighted by Crippen LogP contribution is 2.36. The second-order valence-electron chi connectivity index (χ2n) is 8.59. The quantitative estimate of drug-likeness (QED) is 0.267. The minimum absolute atomic E-state index is 0.0591. The maximum absolute atomic E-state index is 13.8. The Bertz CT molecular complexity index is 1570. The Labute approximate surface area is 202 Å². The number of amides is 1. The molecule has 0 radical (unpaired) electrons. The van der Waals surface area contributed by atoms with Crippen molar-refractivity contribution in [3.05, 3.63) is 99.3 Å². The zero-order valence-corrected chi connectivity index (χ0v) is 19.7. The number of sulfonamides is 1. The SMILES string of the molecule is Cc1ccc(S(=O)(=O)N(C(=O)c2cccc([N+](=O)[O-])c2)c2ccc3oc4c(c3c2)CCCC4)cc1. The van der Waals surface area contributed by atoms with E-state index in [1.54, 1.807) is 24.3 Å². The number of carbonyl (C=O) groups excluding carboxylic acids is 1. The minimum atomic E-state index is -4.34. The molecule has 0 aliphatic heterocycles. The molecule has 8 nitrogen and oxygen atoms in total. The van der Waals surface area contributed by atoms with Gasteiger partial charge in [0.2, 0.25) is 0 Å². The average Bonchev–Trinajstić information content (AvgIpc) is 3.22. The highest BCUT2D eigenvalue weighted by Gasteiger charge is 2.33. The highest BCUT2D eigenvalue weighted by atomic mass is 32.2. The van der Waals surface area contributed by atoms with E-state index in [4.69, 9.17) is 4.42 Å². The van der Waals surface area contributed by atoms with E-state index in [0.29, 0.717) is 5.58 Å². The number of rotatable bonds is 5. The predicted octanol–water partition coefficient (Wildman–Crippen LogP) is 5.56. The van der Waals surface area contributed by atoms with E-state index >= 15 is 0 Å². The standard InChI is InChI=1S/C26H22N2O6S/c1-17-9-12-21(13-10-17)35(32,33)27(26(29)18-5-4-6-20(15-18)28(30)31)19-11-14-25-23(16-19)22-7-2-3-8-24(22)34-25/h4-6,9-16H,2-3,7-8H2,1H3. The third-order valence-corrected chi connectivity index (χ3v) is 7.95. The van der Waals surface area contributed by atoms with Crippen LogP contribution in [-0.2, 0) is 22.9 Å². The van der Waals surface area contributed by atoms with Gasteiger partial charge in [0.25, 0.3) is 21.6 Å². The van der Waals surface area contributed by atoms with Crippen LogP contribution in [0.15, 0.2) is 76.0 Å². The van der Waals surface area contributed by atoms with Crippen molar-refractivity contribution in [1.82, 2.24) is 0 Å². The molecule has 0 atom stereocenters. The Morgan fingerprint density at radius 2 is 1.74 bits per heavy atom. The van der Waals surface area contributed by atoms with Gasteiger partial charge in [-0.1, -0.05) is 23.8 Å². The van der Waals surface area contributed by atoms with Gasteiger partial charge < -0.3 is 4.42 Å². The second kappa shape index (κ2) is 8.66. The molecule has 9 heteroatoms. The van der Waals surface area contributed by atoms with Crippen LogP contribution in [0.25, 0.3) is 11.0 Å². The Balaban J connectivity index is 1.69. The zero-order valence-electron chi connectivity index (χ0n) is 18.9. The third-order valence-electron chi connectivity index (χ3n) is 6.22. The third kappa shape index (κ3) is 4.08. The van der Waals surface area contributed by atoms with E-state index in [2.05, 4.69) is 0 Å². The summed E-state index contributed by atoms with van der Waals surface area (Å²) in [5.41, 5.74) is 2.27. The summed E-state index contributed by atoms with van der Waals surface area (Å²) in [4.78, 5) is 24.3. The van der Waals surface area contributed by atoms with Crippen LogP contribution in [0, 0.1) is 17.0 Å². The molecule has 0 saturated heterocycles. The van der Waals surface area contributed by atoms with Gasteiger partial charge in [-0.05, 0) is 62.6 Å². The maximum Gasteiger partial charge on any atom is 0.272 e. The van der Waals surface area contributed by atoms with Gasteiger partial charge in [0.05, 0.1) is 15.5 Å². The van der Waals surface area contributed by atoms with Crippen molar-refractivity contribution in [3.63, 3.8) is 0 Å². The smallest absolute Gasteiger partial charge is 0.272 e. The van der Waals surface area contributed by atoms with Gasteiger partial charge in [-0.2, -0.15) is 4.31 Å². The first-order chi connectivity index (χ1) is 16.8. The van der Waals surface area contributed by atoms with Crippen LogP contribution < -0.4 is 4.31 Å². The molecule has 0 fully saturated rings. The first kappa shape index (κ1) is 22.8. The number of furan rings is 1. The van der Waals surface area contributed by atoms with Crippen LogP contribution in [-0.4, -0.2) is 19.2 Å². The summed E-state index contributed by atoms with van der Waals surface area (Å²) in [5, 5.41) is 12.0. The predicted molar refractivity (Wildman–Crippen MR) is 131 cm³/mol. The van der Waals surface area contributed by atoms with Crippen molar-refractivity contribution in [3.8, 4) is 0 Å². The summed E-state index contributed by atoms with van der Waals surface area (Å²) in [6.45, 7) is 1.83. The van der Waals surface area contributed by atoms with Crippen molar-refractivity contribution in [1.29, 1.82) is 0 Å². The monoisotopic (exact) mass is 490 g/mol. The molecule has 4 aromatic rings. The molecule has 178 valence electrons. The number of non-ortho nitro benzene ring substituents is 1. The summed E-state index contributed by atoms with van der Waals surface area (Å²) in [5.74, 6) is 0.00680. The molecule has 1 aromatic heterocycles. The minimum Gasteiger partial charge on any atom is -0.461 e. The molecule has 0 unspecified atom stereocenters. The van der Waals surface area contributed by atoms with Crippen LogP contribution >= 0.6 is 0 Å². The number of anilines is 1. The maximum atomic E-state index is 13.8. The van der Waals surface area contributed by atoms with Crippen molar-refractivity contribution in [2.75, 3.05) is 4.31 Å². The number of nitrogens with zero attached hydrogens (tertiary/aromatic N) is 2. The molecule has 1 heterocycles. The number of hydrogen-bond donors (Lipinski definition) is 0. The molecule has 0 bridgehead atoms. The zero-order chi connectivity index (χ0) is 24.7. The van der Waals surface area contributed by atoms with E-state index in [-0.39, 0.29) is 21.8 Å². The molecular weight excluding hydrogens is 468 g/mol. The lowest BCUT2D eigenvalue weighted by Gasteiger charge is -2.23. The van der Waals surface area contributed by atoms with Gasteiger partial charge in [0, 0.05) is 35.1 Å². The van der Waals surface area contributed by atoms with Gasteiger partial charge in [-0.15, -0.1) is 0 Å². The van der Waals surface area contributed by atoms with Gasteiger partial charge >= 0.3 is 0 Å². The van der Waals surface area contributed by atoms with Crippen molar-refractivity contribution in [2.45, 2.75) is 37.5 Å². The Kier molecular flexibility index (Phi) is 5.64. The molecule has 5 rings (SSSR count). The number of hydrogen-bond acceptors (Lipinski definition) is 6. The van der Waals surface area contributed by atoms with Crippen LogP contribution in [0.4, 0.5) is 11.4 Å². The van der Waals surface area contributed by atoms with E-state index < -0.39 is 20.9 Å². The van der Waals surface area contributed by atoms with E-state index in [1.165, 1.54) is 36.4 Å². The van der Waals surface area contributed by atoms with E-state index in [0.717, 1.165) is 58.3 Å². The average molecular weight is 491 g/mol. The summed E-state index contributed by atoms with van der Waals surface area (Å²) in [7, 11) is -4.34. The highest BCUT2D eigenvalue weighted by molar-refractivity contribution is 7.93. The molecule has 1 aliphatic rings. The van der Waals surface area contributed by atoms with Crippen LogP contribution in [0.2, 0.25) is 0 Å². The largest absolute Gasteiger partial charge is 0.461 e. The summed E-state index contributed by atoms with van der Waals surface area (Å²) < 4.78 is 34.3. The fourth-order valence-electron chi connectivity index (χ4n) is 4.43. The van der Waals surface area contributed by atoms with Crippen molar-refractivity contribution < 1.29 is 22.6 Å². The van der Waals surface area contributed by atoms with Crippen LogP contribution in [0.1, 0.15) is 40.1 Å². The molecule has 3 aromatic carbocycles. The van der Waals surface area contributed by atoms with Gasteiger partial charge in [0.15, 0.2) is 0 Å². The topological polar surface area (TPSA) is 111 Å².